The molecule has 0 aromatic heterocycles. The Labute approximate surface area is 130 Å². The molecule has 0 amide bonds. The van der Waals surface area contributed by atoms with E-state index in [0.29, 0.717) is 5.92 Å². The van der Waals surface area contributed by atoms with Gasteiger partial charge in [0.05, 0.1) is 7.11 Å². The second-order valence-corrected chi connectivity index (χ2v) is 5.91. The molecule has 2 aromatic carbocycles. The molecule has 0 saturated carbocycles. The van der Waals surface area contributed by atoms with E-state index in [4.69, 9.17) is 4.74 Å². The van der Waals surface area contributed by atoms with E-state index in [-0.39, 0.29) is 0 Å². The molecule has 2 rings (SSSR count). The van der Waals surface area contributed by atoms with Crippen LogP contribution in [0.2, 0.25) is 0 Å². The van der Waals surface area contributed by atoms with Crippen molar-refractivity contribution in [3.05, 3.63) is 65.2 Å². The molecule has 0 fully saturated rings. The molecule has 0 N–H and O–H groups in total. The van der Waals surface area contributed by atoms with E-state index in [0.717, 1.165) is 23.9 Å². The van der Waals surface area contributed by atoms with Gasteiger partial charge in [-0.15, -0.1) is 0 Å². The Morgan fingerprint density at radius 3 is 2.30 bits per heavy atom. The van der Waals surface area contributed by atoms with Crippen LogP contribution in [0.4, 0.5) is 0 Å². The molecule has 0 aliphatic rings. The molecular formula is C18H21BrO. The molecule has 0 spiro atoms. The van der Waals surface area contributed by atoms with Crippen molar-refractivity contribution in [2.75, 3.05) is 12.4 Å². The van der Waals surface area contributed by atoms with Gasteiger partial charge in [0.25, 0.3) is 0 Å². The molecule has 1 atom stereocenters. The number of hydrogen-bond acceptors (Lipinski definition) is 1. The third-order valence-electron chi connectivity index (χ3n) is 3.51. The van der Waals surface area contributed by atoms with Gasteiger partial charge in [0.15, 0.2) is 0 Å². The molecular weight excluding hydrogens is 312 g/mol. The summed E-state index contributed by atoms with van der Waals surface area (Å²) in [4.78, 5) is 0. The van der Waals surface area contributed by atoms with E-state index in [1.165, 1.54) is 16.7 Å². The molecule has 20 heavy (non-hydrogen) atoms. The predicted molar refractivity (Wildman–Crippen MR) is 88.9 cm³/mol. The zero-order valence-electron chi connectivity index (χ0n) is 12.1. The standard InChI is InChI=1S/C18H21BrO/c1-14-4-3-5-16(10-14)12-17(13-19)11-15-6-8-18(20-2)9-7-15/h3-10,17H,11-13H2,1-2H3. The quantitative estimate of drug-likeness (QED) is 0.690. The summed E-state index contributed by atoms with van der Waals surface area (Å²) in [5.41, 5.74) is 4.12. The maximum Gasteiger partial charge on any atom is 0.118 e. The fourth-order valence-electron chi connectivity index (χ4n) is 2.45. The van der Waals surface area contributed by atoms with Gasteiger partial charge >= 0.3 is 0 Å². The lowest BCUT2D eigenvalue weighted by atomic mass is 9.93. The van der Waals surface area contributed by atoms with Crippen molar-refractivity contribution in [3.63, 3.8) is 0 Å². The first-order chi connectivity index (χ1) is 9.71. The van der Waals surface area contributed by atoms with Gasteiger partial charge in [-0.3, -0.25) is 0 Å². The summed E-state index contributed by atoms with van der Waals surface area (Å²) in [7, 11) is 1.70. The van der Waals surface area contributed by atoms with Crippen LogP contribution in [0.15, 0.2) is 48.5 Å². The van der Waals surface area contributed by atoms with Crippen LogP contribution in [0.5, 0.6) is 5.75 Å². The van der Waals surface area contributed by atoms with Crippen molar-refractivity contribution in [1.82, 2.24) is 0 Å². The van der Waals surface area contributed by atoms with Gasteiger partial charge in [0, 0.05) is 5.33 Å². The normalized spacial score (nSPS) is 12.2. The summed E-state index contributed by atoms with van der Waals surface area (Å²) >= 11 is 3.65. The van der Waals surface area contributed by atoms with Gasteiger partial charge in [0.2, 0.25) is 0 Å². The summed E-state index contributed by atoms with van der Waals surface area (Å²) in [5, 5.41) is 1.02. The molecule has 106 valence electrons. The van der Waals surface area contributed by atoms with Crippen LogP contribution in [0, 0.1) is 12.8 Å². The smallest absolute Gasteiger partial charge is 0.118 e. The minimum Gasteiger partial charge on any atom is -0.497 e. The lowest BCUT2D eigenvalue weighted by Crippen LogP contribution is -2.10. The summed E-state index contributed by atoms with van der Waals surface area (Å²) in [5.74, 6) is 1.54. The highest BCUT2D eigenvalue weighted by molar-refractivity contribution is 9.09. The monoisotopic (exact) mass is 332 g/mol. The molecule has 0 aliphatic heterocycles. The number of alkyl halides is 1. The molecule has 0 saturated heterocycles. The molecule has 2 heteroatoms. The Balaban J connectivity index is 2.01. The average molecular weight is 333 g/mol. The highest BCUT2D eigenvalue weighted by Gasteiger charge is 2.10. The van der Waals surface area contributed by atoms with E-state index in [1.54, 1.807) is 7.11 Å². The molecule has 0 aliphatic carbocycles. The van der Waals surface area contributed by atoms with Gasteiger partial charge in [-0.25, -0.2) is 0 Å². The average Bonchev–Trinajstić information content (AvgIpc) is 2.47. The fraction of sp³-hybridized carbons (Fsp3) is 0.333. The minimum atomic E-state index is 0.616. The van der Waals surface area contributed by atoms with Gasteiger partial charge in [-0.05, 0) is 48.9 Å². The molecule has 1 nitrogen and oxygen atoms in total. The van der Waals surface area contributed by atoms with Crippen molar-refractivity contribution in [3.8, 4) is 5.75 Å². The third kappa shape index (κ3) is 4.38. The zero-order valence-corrected chi connectivity index (χ0v) is 13.7. The van der Waals surface area contributed by atoms with Crippen molar-refractivity contribution in [1.29, 1.82) is 0 Å². The Bertz CT molecular complexity index is 533. The van der Waals surface area contributed by atoms with Crippen molar-refractivity contribution in [2.24, 2.45) is 5.92 Å². The fourth-order valence-corrected chi connectivity index (χ4v) is 2.91. The number of benzene rings is 2. The second-order valence-electron chi connectivity index (χ2n) is 5.27. The Morgan fingerprint density at radius 1 is 1.00 bits per heavy atom. The first-order valence-electron chi connectivity index (χ1n) is 6.95. The summed E-state index contributed by atoms with van der Waals surface area (Å²) in [6.07, 6.45) is 2.20. The van der Waals surface area contributed by atoms with Gasteiger partial charge in [-0.1, -0.05) is 57.9 Å². The van der Waals surface area contributed by atoms with Crippen LogP contribution in [-0.2, 0) is 12.8 Å². The highest BCUT2D eigenvalue weighted by atomic mass is 79.9. The van der Waals surface area contributed by atoms with Crippen LogP contribution >= 0.6 is 15.9 Å². The SMILES string of the molecule is COc1ccc(CC(CBr)Cc2cccc(C)c2)cc1. The van der Waals surface area contributed by atoms with Crippen molar-refractivity contribution < 1.29 is 4.74 Å². The van der Waals surface area contributed by atoms with Gasteiger partial charge in [-0.2, -0.15) is 0 Å². The first kappa shape index (κ1) is 15.1. The number of hydrogen-bond donors (Lipinski definition) is 0. The molecule has 0 radical (unpaired) electrons. The van der Waals surface area contributed by atoms with Crippen LogP contribution in [0.1, 0.15) is 16.7 Å². The number of aryl methyl sites for hydroxylation is 1. The van der Waals surface area contributed by atoms with Crippen LogP contribution in [0.25, 0.3) is 0 Å². The summed E-state index contributed by atoms with van der Waals surface area (Å²) < 4.78 is 5.20. The van der Waals surface area contributed by atoms with Crippen molar-refractivity contribution >= 4 is 15.9 Å². The number of halogens is 1. The van der Waals surface area contributed by atoms with Crippen LogP contribution < -0.4 is 4.74 Å². The third-order valence-corrected chi connectivity index (χ3v) is 4.42. The lowest BCUT2D eigenvalue weighted by molar-refractivity contribution is 0.414. The van der Waals surface area contributed by atoms with Crippen LogP contribution in [-0.4, -0.2) is 12.4 Å². The largest absolute Gasteiger partial charge is 0.497 e. The molecule has 0 heterocycles. The summed E-state index contributed by atoms with van der Waals surface area (Å²) in [6.45, 7) is 2.15. The van der Waals surface area contributed by atoms with E-state index >= 15 is 0 Å². The Morgan fingerprint density at radius 2 is 1.70 bits per heavy atom. The molecule has 2 aromatic rings. The van der Waals surface area contributed by atoms with E-state index < -0.39 is 0 Å². The van der Waals surface area contributed by atoms with Gasteiger partial charge in [0.1, 0.15) is 5.75 Å². The highest BCUT2D eigenvalue weighted by Crippen LogP contribution is 2.19. The summed E-state index contributed by atoms with van der Waals surface area (Å²) in [6, 6.07) is 17.2. The number of methoxy groups -OCH3 is 1. The lowest BCUT2D eigenvalue weighted by Gasteiger charge is -2.15. The predicted octanol–water partition coefficient (Wildman–Crippen LogP) is 4.80. The number of rotatable bonds is 6. The van der Waals surface area contributed by atoms with E-state index in [2.05, 4.69) is 59.3 Å². The maximum absolute atomic E-state index is 5.20. The van der Waals surface area contributed by atoms with E-state index in [1.807, 2.05) is 12.1 Å². The van der Waals surface area contributed by atoms with Crippen molar-refractivity contribution in [2.45, 2.75) is 19.8 Å². The topological polar surface area (TPSA) is 9.23 Å². The molecule has 0 bridgehead atoms. The Hall–Kier alpha value is -1.28. The Kier molecular flexibility index (Phi) is 5.66. The maximum atomic E-state index is 5.20. The van der Waals surface area contributed by atoms with E-state index in [9.17, 15) is 0 Å². The molecule has 1 unspecified atom stereocenters. The first-order valence-corrected chi connectivity index (χ1v) is 8.08. The minimum absolute atomic E-state index is 0.616. The zero-order chi connectivity index (χ0) is 14.4. The van der Waals surface area contributed by atoms with Gasteiger partial charge < -0.3 is 4.74 Å². The number of ether oxygens (including phenoxy) is 1. The van der Waals surface area contributed by atoms with Crippen LogP contribution in [0.3, 0.4) is 0 Å². The second kappa shape index (κ2) is 7.49.